The number of sulfonamides is 1. The van der Waals surface area contributed by atoms with Crippen LogP contribution in [0.4, 0.5) is 0 Å². The number of nitrogens with zero attached hydrogens (tertiary/aromatic N) is 2. The predicted octanol–water partition coefficient (Wildman–Crippen LogP) is 2.80. The molecule has 3 N–H and O–H groups in total. The molecule has 0 radical (unpaired) electrons. The van der Waals surface area contributed by atoms with Gasteiger partial charge in [-0.3, -0.25) is 4.79 Å². The lowest BCUT2D eigenvalue weighted by Crippen LogP contribution is -2.40. The van der Waals surface area contributed by atoms with Gasteiger partial charge in [-0.2, -0.15) is 4.31 Å². The van der Waals surface area contributed by atoms with Crippen LogP contribution in [0.3, 0.4) is 0 Å². The van der Waals surface area contributed by atoms with Crippen molar-refractivity contribution in [2.75, 3.05) is 32.9 Å². The van der Waals surface area contributed by atoms with E-state index in [1.165, 1.54) is 23.6 Å². The zero-order valence-corrected chi connectivity index (χ0v) is 19.2. The Labute approximate surface area is 192 Å². The number of amides is 1. The Kier molecular flexibility index (Phi) is 5.98. The number of aromatic amines is 1. The van der Waals surface area contributed by atoms with Crippen molar-refractivity contribution in [3.63, 3.8) is 0 Å². The number of rotatable bonds is 6. The summed E-state index contributed by atoms with van der Waals surface area (Å²) in [7, 11) is -3.66. The predicted molar refractivity (Wildman–Crippen MR) is 124 cm³/mol. The summed E-state index contributed by atoms with van der Waals surface area (Å²) in [5.74, 6) is 0.126. The number of hydrogen-bond acceptors (Lipinski definition) is 6. The molecular formula is C23H28N4O5S. The average molecular weight is 473 g/mol. The van der Waals surface area contributed by atoms with Crippen LogP contribution in [-0.2, 0) is 14.8 Å². The molecule has 1 aromatic carbocycles. The van der Waals surface area contributed by atoms with Gasteiger partial charge in [-0.15, -0.1) is 0 Å². The van der Waals surface area contributed by atoms with Gasteiger partial charge in [0.15, 0.2) is 5.69 Å². The van der Waals surface area contributed by atoms with E-state index in [-0.39, 0.29) is 10.6 Å². The van der Waals surface area contributed by atoms with Gasteiger partial charge >= 0.3 is 0 Å². The number of carbonyl (C=O) groups excluding carboxylic acids is 1. The van der Waals surface area contributed by atoms with Crippen LogP contribution in [0.15, 0.2) is 29.2 Å². The number of hydrogen-bond donors (Lipinski definition) is 2. The molecule has 0 bridgehead atoms. The van der Waals surface area contributed by atoms with Crippen LogP contribution in [0.1, 0.15) is 42.6 Å². The van der Waals surface area contributed by atoms with Crippen LogP contribution in [0.5, 0.6) is 5.88 Å². The molecule has 1 aliphatic heterocycles. The summed E-state index contributed by atoms with van der Waals surface area (Å²) in [5.41, 5.74) is 6.87. The average Bonchev–Trinajstić information content (AvgIpc) is 3.21. The first-order valence-corrected chi connectivity index (χ1v) is 12.8. The van der Waals surface area contributed by atoms with E-state index in [1.54, 1.807) is 24.3 Å². The molecule has 0 spiro atoms. The molecule has 2 aromatic heterocycles. The number of pyridine rings is 1. The molecule has 1 aliphatic carbocycles. The van der Waals surface area contributed by atoms with Gasteiger partial charge in [0, 0.05) is 35.4 Å². The zero-order chi connectivity index (χ0) is 23.0. The zero-order valence-electron chi connectivity index (χ0n) is 18.4. The van der Waals surface area contributed by atoms with Crippen molar-refractivity contribution in [2.24, 2.45) is 11.7 Å². The minimum atomic E-state index is -3.66. The summed E-state index contributed by atoms with van der Waals surface area (Å²) < 4.78 is 39.0. The van der Waals surface area contributed by atoms with Crippen molar-refractivity contribution in [3.8, 4) is 5.88 Å². The highest BCUT2D eigenvalue weighted by Crippen LogP contribution is 2.33. The van der Waals surface area contributed by atoms with Gasteiger partial charge in [0.25, 0.3) is 5.91 Å². The monoisotopic (exact) mass is 472 g/mol. The van der Waals surface area contributed by atoms with Gasteiger partial charge in [-0.25, -0.2) is 13.4 Å². The maximum atomic E-state index is 13.2. The highest BCUT2D eigenvalue weighted by molar-refractivity contribution is 7.89. The van der Waals surface area contributed by atoms with Gasteiger partial charge in [0.2, 0.25) is 15.9 Å². The molecule has 176 valence electrons. The Balaban J connectivity index is 1.55. The highest BCUT2D eigenvalue weighted by atomic mass is 32.2. The Hall–Kier alpha value is -2.69. The number of nitrogens with one attached hydrogen (secondary N) is 1. The smallest absolute Gasteiger partial charge is 0.269 e. The molecular weight excluding hydrogens is 444 g/mol. The van der Waals surface area contributed by atoms with Crippen LogP contribution < -0.4 is 10.5 Å². The molecule has 0 unspecified atom stereocenters. The first-order valence-electron chi connectivity index (χ1n) is 11.4. The van der Waals surface area contributed by atoms with Crippen molar-refractivity contribution in [2.45, 2.75) is 37.0 Å². The summed E-state index contributed by atoms with van der Waals surface area (Å²) in [4.78, 5) is 19.9. The summed E-state index contributed by atoms with van der Waals surface area (Å²) in [6.45, 7) is 1.94. The number of benzene rings is 1. The van der Waals surface area contributed by atoms with Gasteiger partial charge in [0.1, 0.15) is 0 Å². The van der Waals surface area contributed by atoms with Gasteiger partial charge in [-0.1, -0.05) is 19.3 Å². The maximum Gasteiger partial charge on any atom is 0.269 e. The maximum absolute atomic E-state index is 13.2. The third-order valence-electron chi connectivity index (χ3n) is 6.57. The molecule has 2 fully saturated rings. The molecule has 3 heterocycles. The molecule has 0 atom stereocenters. The number of ether oxygens (including phenoxy) is 2. The Morgan fingerprint density at radius 3 is 2.64 bits per heavy atom. The van der Waals surface area contributed by atoms with Crippen LogP contribution in [0.2, 0.25) is 0 Å². The van der Waals surface area contributed by atoms with Crippen LogP contribution in [-0.4, -0.2) is 61.5 Å². The quantitative estimate of drug-likeness (QED) is 0.568. The van der Waals surface area contributed by atoms with Crippen molar-refractivity contribution in [1.82, 2.24) is 14.3 Å². The number of nitrogens with two attached hydrogens (primary N) is 1. The number of H-pyrrole nitrogens is 1. The molecule has 1 amide bonds. The van der Waals surface area contributed by atoms with E-state index in [1.807, 2.05) is 0 Å². The van der Waals surface area contributed by atoms with E-state index in [0.29, 0.717) is 66.5 Å². The fraction of sp³-hybridized carbons (Fsp3) is 0.478. The molecule has 9 nitrogen and oxygen atoms in total. The fourth-order valence-corrected chi connectivity index (χ4v) is 6.19. The van der Waals surface area contributed by atoms with Crippen molar-refractivity contribution < 1.29 is 22.7 Å². The molecule has 5 rings (SSSR count). The van der Waals surface area contributed by atoms with E-state index < -0.39 is 15.9 Å². The first kappa shape index (κ1) is 22.1. The lowest BCUT2D eigenvalue weighted by Gasteiger charge is -2.26. The molecule has 2 aliphatic rings. The van der Waals surface area contributed by atoms with Crippen LogP contribution in [0, 0.1) is 5.92 Å². The standard InChI is InChI=1S/C23H28N4O5S/c24-23(28)22-21-18(13-20(26-22)32-14-15-4-2-1-3-5-15)17-12-16(6-7-19(17)25-21)33(29,30)27-8-10-31-11-9-27/h6-7,12-13,15,25H,1-5,8-11,14H2,(H2,24,28). The Morgan fingerprint density at radius 1 is 1.15 bits per heavy atom. The second kappa shape index (κ2) is 8.92. The topological polar surface area (TPSA) is 128 Å². The highest BCUT2D eigenvalue weighted by Gasteiger charge is 2.27. The number of fused-ring (bicyclic) bond motifs is 3. The van der Waals surface area contributed by atoms with Gasteiger partial charge in [0.05, 0.1) is 30.2 Å². The van der Waals surface area contributed by atoms with E-state index in [2.05, 4.69) is 9.97 Å². The lowest BCUT2D eigenvalue weighted by atomic mass is 9.90. The number of primary amides is 1. The van der Waals surface area contributed by atoms with E-state index >= 15 is 0 Å². The van der Waals surface area contributed by atoms with Gasteiger partial charge < -0.3 is 20.2 Å². The lowest BCUT2D eigenvalue weighted by molar-refractivity contribution is 0.0730. The third-order valence-corrected chi connectivity index (χ3v) is 8.46. The second-order valence-electron chi connectivity index (χ2n) is 8.76. The first-order chi connectivity index (χ1) is 15.9. The largest absolute Gasteiger partial charge is 0.477 e. The Bertz CT molecular complexity index is 1290. The molecule has 1 saturated carbocycles. The number of morpholine rings is 1. The second-order valence-corrected chi connectivity index (χ2v) is 10.7. The minimum Gasteiger partial charge on any atom is -0.477 e. The van der Waals surface area contributed by atoms with Crippen LogP contribution in [0.25, 0.3) is 21.8 Å². The fourth-order valence-electron chi connectivity index (χ4n) is 4.76. The molecule has 3 aromatic rings. The summed E-state index contributed by atoms with van der Waals surface area (Å²) >= 11 is 0. The minimum absolute atomic E-state index is 0.0833. The SMILES string of the molecule is NC(=O)c1nc(OCC2CCCCC2)cc2c1[nH]c1ccc(S(=O)(=O)N3CCOCC3)cc12. The van der Waals surface area contributed by atoms with Crippen molar-refractivity contribution >= 4 is 37.7 Å². The normalized spacial score (nSPS) is 18.7. The van der Waals surface area contributed by atoms with E-state index in [0.717, 1.165) is 12.8 Å². The summed E-state index contributed by atoms with van der Waals surface area (Å²) in [5, 5.41) is 1.33. The summed E-state index contributed by atoms with van der Waals surface area (Å²) in [6.07, 6.45) is 5.92. The Morgan fingerprint density at radius 2 is 1.91 bits per heavy atom. The molecule has 33 heavy (non-hydrogen) atoms. The number of carbonyl (C=O) groups is 1. The number of aromatic nitrogens is 2. The van der Waals surface area contributed by atoms with E-state index in [9.17, 15) is 13.2 Å². The molecule has 10 heteroatoms. The van der Waals surface area contributed by atoms with Crippen molar-refractivity contribution in [3.05, 3.63) is 30.0 Å². The summed E-state index contributed by atoms with van der Waals surface area (Å²) in [6, 6.07) is 6.67. The molecule has 1 saturated heterocycles. The van der Waals surface area contributed by atoms with Crippen molar-refractivity contribution in [1.29, 1.82) is 0 Å². The van der Waals surface area contributed by atoms with E-state index in [4.69, 9.17) is 15.2 Å². The van der Waals surface area contributed by atoms with Crippen LogP contribution >= 0.6 is 0 Å². The third kappa shape index (κ3) is 4.30. The van der Waals surface area contributed by atoms with Gasteiger partial charge in [-0.05, 0) is 37.0 Å².